The molecule has 0 bridgehead atoms. The van der Waals surface area contributed by atoms with Crippen LogP contribution in [0.25, 0.3) is 11.3 Å². The van der Waals surface area contributed by atoms with Gasteiger partial charge in [0, 0.05) is 24.2 Å². The summed E-state index contributed by atoms with van der Waals surface area (Å²) in [7, 11) is 0. The largest absolute Gasteiger partial charge is 0.366 e. The predicted octanol–water partition coefficient (Wildman–Crippen LogP) is 2.51. The maximum absolute atomic E-state index is 11.1. The molecule has 0 radical (unpaired) electrons. The average Bonchev–Trinajstić information content (AvgIpc) is 3.17. The van der Waals surface area contributed by atoms with Crippen LogP contribution in [0.2, 0.25) is 0 Å². The van der Waals surface area contributed by atoms with Gasteiger partial charge in [-0.2, -0.15) is 0 Å². The van der Waals surface area contributed by atoms with E-state index in [0.717, 1.165) is 47.7 Å². The highest BCUT2D eigenvalue weighted by Crippen LogP contribution is 2.35. The van der Waals surface area contributed by atoms with Crippen LogP contribution >= 0.6 is 0 Å². The minimum absolute atomic E-state index is 0.0743. The van der Waals surface area contributed by atoms with E-state index in [-0.39, 0.29) is 5.91 Å². The van der Waals surface area contributed by atoms with E-state index >= 15 is 0 Å². The van der Waals surface area contributed by atoms with Crippen molar-refractivity contribution in [3.8, 4) is 11.3 Å². The van der Waals surface area contributed by atoms with E-state index < -0.39 is 0 Å². The van der Waals surface area contributed by atoms with Gasteiger partial charge in [-0.15, -0.1) is 10.2 Å². The van der Waals surface area contributed by atoms with Crippen LogP contribution in [0.15, 0.2) is 36.4 Å². The van der Waals surface area contributed by atoms with E-state index in [1.165, 1.54) is 19.8 Å². The minimum atomic E-state index is -0.0743. The molecule has 6 nitrogen and oxygen atoms in total. The number of aromatic nitrogens is 2. The topological polar surface area (TPSA) is 78.9 Å². The zero-order valence-electron chi connectivity index (χ0n) is 14.3. The molecule has 1 aliphatic heterocycles. The van der Waals surface area contributed by atoms with Crippen molar-refractivity contribution >= 4 is 17.4 Å². The Kier molecular flexibility index (Phi) is 4.36. The molecule has 1 unspecified atom stereocenters. The molecule has 1 aromatic carbocycles. The van der Waals surface area contributed by atoms with Crippen LogP contribution < -0.4 is 16.0 Å². The fraction of sp³-hybridized carbons (Fsp3) is 0.421. The van der Waals surface area contributed by atoms with Crippen LogP contribution in [-0.2, 0) is 4.79 Å². The molecule has 1 aromatic heterocycles. The van der Waals surface area contributed by atoms with Crippen LogP contribution in [0.3, 0.4) is 0 Å². The molecule has 1 aliphatic carbocycles. The predicted molar refractivity (Wildman–Crippen MR) is 98.3 cm³/mol. The lowest BCUT2D eigenvalue weighted by molar-refractivity contribution is -0.114. The Morgan fingerprint density at radius 3 is 2.36 bits per heavy atom. The highest BCUT2D eigenvalue weighted by atomic mass is 16.1. The monoisotopic (exact) mass is 337 g/mol. The molecule has 0 spiro atoms. The van der Waals surface area contributed by atoms with Crippen LogP contribution in [-0.4, -0.2) is 35.2 Å². The molecule has 2 aromatic rings. The average molecular weight is 337 g/mol. The first-order valence-electron chi connectivity index (χ1n) is 8.86. The summed E-state index contributed by atoms with van der Waals surface area (Å²) in [4.78, 5) is 11.1. The summed E-state index contributed by atoms with van der Waals surface area (Å²) in [5, 5.41) is 18.4. The summed E-state index contributed by atoms with van der Waals surface area (Å²) in [6.07, 6.45) is 2.43. The number of hydrogen-bond donors (Lipinski definition) is 3. The lowest BCUT2D eigenvalue weighted by Gasteiger charge is -2.14. The van der Waals surface area contributed by atoms with E-state index in [1.807, 2.05) is 36.4 Å². The molecule has 6 heteroatoms. The molecule has 3 N–H and O–H groups in total. The zero-order chi connectivity index (χ0) is 17.2. The first kappa shape index (κ1) is 16.0. The van der Waals surface area contributed by atoms with Crippen molar-refractivity contribution in [3.05, 3.63) is 36.4 Å². The highest BCUT2D eigenvalue weighted by Gasteiger charge is 2.37. The van der Waals surface area contributed by atoms with Crippen molar-refractivity contribution < 1.29 is 4.79 Å². The molecule has 2 fully saturated rings. The van der Waals surface area contributed by atoms with E-state index in [2.05, 4.69) is 26.1 Å². The number of hydrogen-bond acceptors (Lipinski definition) is 5. The second-order valence-electron chi connectivity index (χ2n) is 7.05. The van der Waals surface area contributed by atoms with Crippen molar-refractivity contribution in [3.63, 3.8) is 0 Å². The van der Waals surface area contributed by atoms with Crippen LogP contribution in [0, 0.1) is 11.8 Å². The zero-order valence-corrected chi connectivity index (χ0v) is 14.3. The number of fused-ring (bicyclic) bond motifs is 1. The summed E-state index contributed by atoms with van der Waals surface area (Å²) >= 11 is 0. The van der Waals surface area contributed by atoms with Crippen LogP contribution in [0.4, 0.5) is 11.5 Å². The number of rotatable bonds is 4. The van der Waals surface area contributed by atoms with Crippen molar-refractivity contribution in [2.75, 3.05) is 23.7 Å². The fourth-order valence-electron chi connectivity index (χ4n) is 3.98. The Balaban J connectivity index is 1.39. The standard InChI is InChI=1S/C19H23N5O/c1-12(25)21-16-4-2-13(3-5-16)18-6-7-19(24-23-18)22-17-8-14-10-20-11-15(14)9-17/h2-7,14-15,17,20H,8-11H2,1H3,(H,21,25)(H,22,24)/t14-,15?,17-/m1/s1. The Hall–Kier alpha value is -2.47. The summed E-state index contributed by atoms with van der Waals surface area (Å²) in [6.45, 7) is 3.81. The van der Waals surface area contributed by atoms with Crippen molar-refractivity contribution in [2.45, 2.75) is 25.8 Å². The lowest BCUT2D eigenvalue weighted by atomic mass is 10.0. The number of carbonyl (C=O) groups is 1. The summed E-state index contributed by atoms with van der Waals surface area (Å²) in [5.74, 6) is 2.39. The third kappa shape index (κ3) is 3.64. The van der Waals surface area contributed by atoms with Gasteiger partial charge in [0.05, 0.1) is 5.69 Å². The van der Waals surface area contributed by atoms with E-state index in [1.54, 1.807) is 0 Å². The van der Waals surface area contributed by atoms with Gasteiger partial charge in [-0.3, -0.25) is 4.79 Å². The van der Waals surface area contributed by atoms with Crippen LogP contribution in [0.1, 0.15) is 19.8 Å². The molecule has 4 rings (SSSR count). The maximum Gasteiger partial charge on any atom is 0.221 e. The molecular formula is C19H23N5O. The molecular weight excluding hydrogens is 314 g/mol. The van der Waals surface area contributed by atoms with Gasteiger partial charge in [0.15, 0.2) is 0 Å². The Morgan fingerprint density at radius 1 is 1.04 bits per heavy atom. The van der Waals surface area contributed by atoms with Gasteiger partial charge in [0.1, 0.15) is 5.82 Å². The Bertz CT molecular complexity index is 731. The smallest absolute Gasteiger partial charge is 0.221 e. The van der Waals surface area contributed by atoms with Crippen molar-refractivity contribution in [2.24, 2.45) is 11.8 Å². The van der Waals surface area contributed by atoms with Crippen LogP contribution in [0.5, 0.6) is 0 Å². The molecule has 2 heterocycles. The first-order chi connectivity index (χ1) is 12.2. The van der Waals surface area contributed by atoms with Gasteiger partial charge < -0.3 is 16.0 Å². The van der Waals surface area contributed by atoms with Gasteiger partial charge in [-0.25, -0.2) is 0 Å². The molecule has 1 saturated heterocycles. The Morgan fingerprint density at radius 2 is 1.76 bits per heavy atom. The lowest BCUT2D eigenvalue weighted by Crippen LogP contribution is -2.21. The third-order valence-electron chi connectivity index (χ3n) is 5.17. The fourth-order valence-corrected chi connectivity index (χ4v) is 3.98. The van der Waals surface area contributed by atoms with E-state index in [4.69, 9.17) is 0 Å². The van der Waals surface area contributed by atoms with Gasteiger partial charge in [-0.1, -0.05) is 12.1 Å². The number of nitrogens with one attached hydrogen (secondary N) is 3. The van der Waals surface area contributed by atoms with Crippen molar-refractivity contribution in [1.29, 1.82) is 0 Å². The molecule has 1 saturated carbocycles. The van der Waals surface area contributed by atoms with Crippen molar-refractivity contribution in [1.82, 2.24) is 15.5 Å². The number of anilines is 2. The summed E-state index contributed by atoms with van der Waals surface area (Å²) in [5.41, 5.74) is 2.59. The molecule has 1 amide bonds. The normalized spacial score (nSPS) is 24.8. The number of nitrogens with zero attached hydrogens (tertiary/aromatic N) is 2. The molecule has 130 valence electrons. The first-order valence-corrected chi connectivity index (χ1v) is 8.86. The van der Waals surface area contributed by atoms with Gasteiger partial charge in [0.25, 0.3) is 0 Å². The second kappa shape index (κ2) is 6.80. The highest BCUT2D eigenvalue weighted by molar-refractivity contribution is 5.88. The van der Waals surface area contributed by atoms with E-state index in [9.17, 15) is 4.79 Å². The number of benzene rings is 1. The van der Waals surface area contributed by atoms with Gasteiger partial charge in [-0.05, 0) is 62.0 Å². The van der Waals surface area contributed by atoms with E-state index in [0.29, 0.717) is 6.04 Å². The minimum Gasteiger partial charge on any atom is -0.366 e. The number of amides is 1. The maximum atomic E-state index is 11.1. The molecule has 3 atom stereocenters. The number of carbonyl (C=O) groups excluding carboxylic acids is 1. The summed E-state index contributed by atoms with van der Waals surface area (Å²) in [6, 6.07) is 12.1. The SMILES string of the molecule is CC(=O)Nc1ccc(-c2ccc(N[C@H]3CC4CNC[C@H]4C3)nn2)cc1. The summed E-state index contributed by atoms with van der Waals surface area (Å²) < 4.78 is 0. The third-order valence-corrected chi connectivity index (χ3v) is 5.17. The molecule has 25 heavy (non-hydrogen) atoms. The Labute approximate surface area is 147 Å². The van der Waals surface area contributed by atoms with Gasteiger partial charge >= 0.3 is 0 Å². The molecule has 2 aliphatic rings. The second-order valence-corrected chi connectivity index (χ2v) is 7.05. The van der Waals surface area contributed by atoms with Gasteiger partial charge in [0.2, 0.25) is 5.91 Å². The quantitative estimate of drug-likeness (QED) is 0.799.